The van der Waals surface area contributed by atoms with Gasteiger partial charge in [-0.15, -0.1) is 0 Å². The highest BCUT2D eigenvalue weighted by Gasteiger charge is 2.79. The third kappa shape index (κ3) is 5.08. The first-order valence-electron chi connectivity index (χ1n) is 16.8. The van der Waals surface area contributed by atoms with Gasteiger partial charge in [0, 0.05) is 30.2 Å². The molecule has 0 aromatic carbocycles. The van der Waals surface area contributed by atoms with Crippen LogP contribution < -0.4 is 22.5 Å². The van der Waals surface area contributed by atoms with E-state index < -0.39 is 72.8 Å². The van der Waals surface area contributed by atoms with Gasteiger partial charge in [0.25, 0.3) is 11.1 Å². The maximum Gasteiger partial charge on any atom is 0.330 e. The summed E-state index contributed by atoms with van der Waals surface area (Å²) in [4.78, 5) is 52.2. The van der Waals surface area contributed by atoms with Crippen molar-refractivity contribution < 1.29 is 33.1 Å². The highest BCUT2D eigenvalue weighted by Crippen LogP contribution is 2.68. The summed E-state index contributed by atoms with van der Waals surface area (Å²) in [5.74, 6) is 0. The molecule has 6 aliphatic rings. The highest BCUT2D eigenvalue weighted by molar-refractivity contribution is 7.46. The molecule has 49 heavy (non-hydrogen) atoms. The Morgan fingerprint density at radius 1 is 0.878 bits per heavy atom. The molecule has 17 heteroatoms. The van der Waals surface area contributed by atoms with Crippen molar-refractivity contribution in [2.45, 2.75) is 132 Å². The third-order valence-corrected chi connectivity index (χ3v) is 12.2. The fourth-order valence-corrected chi connectivity index (χ4v) is 9.33. The zero-order valence-electron chi connectivity index (χ0n) is 28.1. The van der Waals surface area contributed by atoms with Crippen molar-refractivity contribution in [2.24, 2.45) is 0 Å². The van der Waals surface area contributed by atoms with Gasteiger partial charge in [-0.1, -0.05) is 13.8 Å². The number of hydrogen-bond acceptors (Lipinski definition) is 12. The number of nitriles is 1. The van der Waals surface area contributed by atoms with Gasteiger partial charge in [-0.05, 0) is 52.4 Å². The number of fused-ring (bicyclic) bond motifs is 6. The van der Waals surface area contributed by atoms with Crippen LogP contribution >= 0.6 is 8.38 Å². The van der Waals surface area contributed by atoms with Crippen LogP contribution in [0.2, 0.25) is 0 Å². The van der Waals surface area contributed by atoms with Crippen LogP contribution in [0.15, 0.2) is 31.6 Å². The number of ether oxygens (including phenoxy) is 4. The molecule has 9 atom stereocenters. The minimum Gasteiger partial charge on any atom is -0.387 e. The van der Waals surface area contributed by atoms with E-state index in [9.17, 15) is 24.3 Å². The van der Waals surface area contributed by atoms with Gasteiger partial charge in [-0.25, -0.2) is 9.59 Å². The Kier molecular flexibility index (Phi) is 8.48. The van der Waals surface area contributed by atoms with Gasteiger partial charge in [0.15, 0.2) is 20.8 Å². The van der Waals surface area contributed by atoms with Crippen LogP contribution in [0, 0.1) is 25.2 Å². The smallest absolute Gasteiger partial charge is 0.330 e. The molecule has 6 fully saturated rings. The van der Waals surface area contributed by atoms with Crippen molar-refractivity contribution in [1.29, 1.82) is 5.26 Å². The van der Waals surface area contributed by atoms with Crippen LogP contribution in [-0.2, 0) is 28.0 Å². The quantitative estimate of drug-likeness (QED) is 0.251. The van der Waals surface area contributed by atoms with Gasteiger partial charge in [-0.3, -0.25) is 28.7 Å². The molecule has 0 amide bonds. The lowest BCUT2D eigenvalue weighted by Gasteiger charge is -2.38. The number of rotatable bonds is 9. The second kappa shape index (κ2) is 12.1. The maximum atomic E-state index is 12.4. The van der Waals surface area contributed by atoms with E-state index in [1.54, 1.807) is 13.8 Å². The Morgan fingerprint density at radius 3 is 1.88 bits per heavy atom. The zero-order chi connectivity index (χ0) is 35.1. The van der Waals surface area contributed by atoms with E-state index in [-0.39, 0.29) is 17.3 Å². The van der Waals surface area contributed by atoms with Crippen LogP contribution in [0.5, 0.6) is 0 Å². The average molecular weight is 704 g/mol. The fourth-order valence-electron chi connectivity index (χ4n) is 8.31. The molecule has 3 unspecified atom stereocenters. The lowest BCUT2D eigenvalue weighted by Crippen LogP contribution is -2.50. The topological polar surface area (TPSA) is 209 Å². The summed E-state index contributed by atoms with van der Waals surface area (Å²) >= 11 is 0. The molecule has 2 aliphatic carbocycles. The number of aryl methyl sites for hydroxylation is 2. The first kappa shape index (κ1) is 34.4. The monoisotopic (exact) mass is 703 g/mol. The van der Waals surface area contributed by atoms with Crippen LogP contribution in [0.3, 0.4) is 0 Å². The molecule has 4 aliphatic heterocycles. The number of nitrogens with zero attached hydrogens (tertiary/aromatic N) is 3. The van der Waals surface area contributed by atoms with Crippen molar-refractivity contribution in [3.63, 3.8) is 0 Å². The minimum atomic E-state index is -1.23. The fraction of sp³-hybridized carbons (Fsp3) is 0.719. The number of hydrogen-bond donors (Lipinski definition) is 3. The van der Waals surface area contributed by atoms with E-state index >= 15 is 0 Å². The Labute approximate surface area is 282 Å². The van der Waals surface area contributed by atoms with Gasteiger partial charge in [0.1, 0.15) is 46.8 Å². The van der Waals surface area contributed by atoms with Gasteiger partial charge >= 0.3 is 11.4 Å². The number of nitrogens with one attached hydrogen (secondary N) is 2. The molecule has 4 saturated heterocycles. The Balaban J connectivity index is 0.000000160. The summed E-state index contributed by atoms with van der Waals surface area (Å²) in [6.45, 7) is 9.40. The zero-order valence-corrected chi connectivity index (χ0v) is 29.0. The Hall–Kier alpha value is -3.00. The Morgan fingerprint density at radius 2 is 1.37 bits per heavy atom. The van der Waals surface area contributed by atoms with E-state index in [0.717, 1.165) is 25.7 Å². The van der Waals surface area contributed by atoms with E-state index in [2.05, 4.69) is 9.97 Å². The lowest BCUT2D eigenvalue weighted by molar-refractivity contribution is -0.226. The van der Waals surface area contributed by atoms with Crippen LogP contribution in [0.1, 0.15) is 82.4 Å². The molecular formula is C32H42N5O11P. The first-order valence-corrected chi connectivity index (χ1v) is 18.4. The molecule has 266 valence electrons. The summed E-state index contributed by atoms with van der Waals surface area (Å²) in [5, 5.41) is 19.2. The minimum absolute atomic E-state index is 0.300. The molecule has 6 heterocycles. The van der Waals surface area contributed by atoms with Crippen LogP contribution in [0.25, 0.3) is 0 Å². The van der Waals surface area contributed by atoms with Crippen molar-refractivity contribution in [3.8, 4) is 6.07 Å². The highest BCUT2D eigenvalue weighted by atomic mass is 31.2. The molecule has 2 spiro atoms. The Bertz CT molecular complexity index is 1910. The maximum absolute atomic E-state index is 12.4. The largest absolute Gasteiger partial charge is 0.387 e. The number of aliphatic hydroxyl groups excluding tert-OH is 1. The second-order valence-corrected chi connectivity index (χ2v) is 15.1. The molecular weight excluding hydrogens is 661 g/mol. The van der Waals surface area contributed by atoms with Crippen molar-refractivity contribution >= 4 is 8.38 Å². The third-order valence-electron chi connectivity index (χ3n) is 11.1. The molecule has 2 saturated carbocycles. The van der Waals surface area contributed by atoms with E-state index in [1.807, 2.05) is 26.6 Å². The lowest BCUT2D eigenvalue weighted by atomic mass is 9.88. The molecule has 0 radical (unpaired) electrons. The number of aliphatic hydroxyl groups is 1. The van der Waals surface area contributed by atoms with Gasteiger partial charge in [0.2, 0.25) is 0 Å². The summed E-state index contributed by atoms with van der Waals surface area (Å²) < 4.78 is 39.6. The summed E-state index contributed by atoms with van der Waals surface area (Å²) in [6, 6.07) is 2.05. The summed E-state index contributed by atoms with van der Waals surface area (Å²) in [7, 11) is -1.23. The molecule has 4 bridgehead atoms. The number of aromatic amines is 2. The molecule has 3 N–H and O–H groups in total. The van der Waals surface area contributed by atoms with Crippen molar-refractivity contribution in [3.05, 3.63) is 65.2 Å². The van der Waals surface area contributed by atoms with Crippen molar-refractivity contribution in [1.82, 2.24) is 19.1 Å². The SMILES string of the molecule is CC[C@]12O[C@@H](n3cc(C)c(=O)[nH]c3=O)[C@@H](OC13CC3)C2O.CC[C@]12O[C@@H](n3cc(C)c(=O)[nH]c3=O)[C@@H](OC13CC3)C2OP(C)OCCC#N. The number of aromatic nitrogens is 4. The van der Waals surface area contributed by atoms with Crippen LogP contribution in [0.4, 0.5) is 0 Å². The average Bonchev–Trinajstić information content (AvgIpc) is 3.95. The normalized spacial score (nSPS) is 35.7. The standard InChI is InChI=1S/C18H24N3O6P.C14H18N2O5/c1-4-18-13(27-28(3)24-9-5-8-19)12(25-17(18)6-7-17)15(26-18)21-10-11(2)14(22)20-16(21)23;1-3-14-9(17)8(20-13(14)4-5-13)11(21-14)16-6-7(2)10(18)15-12(16)19/h10,12-13,15H,4-7,9H2,1-3H3,(H,20,22,23);6,8-9,11,17H,3-5H2,1-2H3,(H,15,18,19)/t12-,13?,15+,18+,28?;8-,9?,11+,14+/m00/s1. The van der Waals surface area contributed by atoms with E-state index in [4.69, 9.17) is 33.3 Å². The van der Waals surface area contributed by atoms with Gasteiger partial charge < -0.3 is 33.1 Å². The predicted molar refractivity (Wildman–Crippen MR) is 172 cm³/mol. The van der Waals surface area contributed by atoms with Crippen LogP contribution in [-0.4, -0.2) is 84.3 Å². The molecule has 8 rings (SSSR count). The van der Waals surface area contributed by atoms with Gasteiger partial charge in [0.05, 0.1) is 19.1 Å². The molecule has 2 aromatic heterocycles. The van der Waals surface area contributed by atoms with Gasteiger partial charge in [-0.2, -0.15) is 5.26 Å². The summed E-state index contributed by atoms with van der Waals surface area (Å²) in [5.41, 5.74) is -3.23. The number of H-pyrrole nitrogens is 2. The van der Waals surface area contributed by atoms with Crippen molar-refractivity contribution in [2.75, 3.05) is 13.3 Å². The second-order valence-electron chi connectivity index (χ2n) is 13.8. The molecule has 2 aromatic rings. The predicted octanol–water partition coefficient (Wildman–Crippen LogP) is 1.53. The van der Waals surface area contributed by atoms with E-state index in [1.165, 1.54) is 21.5 Å². The summed E-state index contributed by atoms with van der Waals surface area (Å²) in [6.07, 6.45) is 4.52. The molecule has 16 nitrogen and oxygen atoms in total. The first-order chi connectivity index (χ1) is 23.3. The van der Waals surface area contributed by atoms with E-state index in [0.29, 0.717) is 37.0 Å².